The first-order chi connectivity index (χ1) is 22.7. The molecule has 10 nitrogen and oxygen atoms in total. The maximum atomic E-state index is 14.5. The molecule has 48 heavy (non-hydrogen) atoms. The van der Waals surface area contributed by atoms with Crippen LogP contribution in [-0.4, -0.2) is 73.5 Å². The first-order valence-electron chi connectivity index (χ1n) is 17.9. The van der Waals surface area contributed by atoms with E-state index in [4.69, 9.17) is 5.10 Å². The zero-order chi connectivity index (χ0) is 34.0. The van der Waals surface area contributed by atoms with E-state index in [1.54, 1.807) is 4.68 Å². The van der Waals surface area contributed by atoms with E-state index in [1.165, 1.54) is 6.92 Å². The quantitative estimate of drug-likeness (QED) is 0.362. The summed E-state index contributed by atoms with van der Waals surface area (Å²) in [5.41, 5.74) is 4.35. The number of piperidine rings is 1. The molecule has 2 bridgehead atoms. The number of amides is 2. The van der Waals surface area contributed by atoms with Gasteiger partial charge < -0.3 is 15.5 Å². The van der Waals surface area contributed by atoms with E-state index in [0.717, 1.165) is 92.0 Å². The molecular formula is C38H51N7O3. The highest BCUT2D eigenvalue weighted by Gasteiger charge is 2.67. The number of ketones is 1. The van der Waals surface area contributed by atoms with Crippen LogP contribution in [0, 0.1) is 23.2 Å². The lowest BCUT2D eigenvalue weighted by molar-refractivity contribution is -0.141. The third-order valence-electron chi connectivity index (χ3n) is 11.5. The normalized spacial score (nSPS) is 27.2. The molecular weight excluding hydrogens is 602 g/mol. The number of Topliss-reactive ketones (excluding diaryl/α,β-unsaturated/α-hetero) is 1. The van der Waals surface area contributed by atoms with Crippen molar-refractivity contribution in [3.8, 4) is 11.1 Å². The van der Waals surface area contributed by atoms with Gasteiger partial charge in [0.15, 0.2) is 5.78 Å². The molecule has 2 N–H and O–H groups in total. The Bertz CT molecular complexity index is 1750. The lowest BCUT2D eigenvalue weighted by Gasteiger charge is -2.43. The first kappa shape index (κ1) is 32.9. The van der Waals surface area contributed by atoms with Crippen molar-refractivity contribution in [2.24, 2.45) is 16.2 Å². The van der Waals surface area contributed by atoms with Crippen molar-refractivity contribution in [2.75, 3.05) is 13.1 Å². The van der Waals surface area contributed by atoms with Crippen LogP contribution in [0.4, 0.5) is 0 Å². The van der Waals surface area contributed by atoms with Crippen molar-refractivity contribution in [3.63, 3.8) is 0 Å². The Hall–Kier alpha value is -3.66. The topological polar surface area (TPSA) is 122 Å². The molecule has 2 aliphatic heterocycles. The summed E-state index contributed by atoms with van der Waals surface area (Å²) in [7, 11) is 0. The van der Waals surface area contributed by atoms with E-state index in [2.05, 4.69) is 54.4 Å². The fraction of sp³-hybridized carbons (Fsp3) is 0.632. The zero-order valence-corrected chi connectivity index (χ0v) is 29.5. The van der Waals surface area contributed by atoms with Crippen molar-refractivity contribution in [1.82, 2.24) is 35.3 Å². The monoisotopic (exact) mass is 653 g/mol. The minimum absolute atomic E-state index is 0.0168. The van der Waals surface area contributed by atoms with E-state index >= 15 is 0 Å². The van der Waals surface area contributed by atoms with Gasteiger partial charge in [0.05, 0.1) is 5.52 Å². The van der Waals surface area contributed by atoms with E-state index in [-0.39, 0.29) is 52.5 Å². The van der Waals surface area contributed by atoms with Crippen LogP contribution in [0.2, 0.25) is 0 Å². The number of carbonyl (C=O) groups is 3. The molecule has 256 valence electrons. The van der Waals surface area contributed by atoms with Crippen LogP contribution in [0.1, 0.15) is 108 Å². The molecule has 2 aliphatic carbocycles. The van der Waals surface area contributed by atoms with Crippen LogP contribution in [0.25, 0.3) is 22.0 Å². The molecule has 3 fully saturated rings. The summed E-state index contributed by atoms with van der Waals surface area (Å²) in [6.07, 6.45) is 12.2. The van der Waals surface area contributed by atoms with Gasteiger partial charge in [-0.2, -0.15) is 5.10 Å². The van der Waals surface area contributed by atoms with Gasteiger partial charge in [-0.25, -0.2) is 9.97 Å². The average Bonchev–Trinajstić information content (AvgIpc) is 3.40. The van der Waals surface area contributed by atoms with Crippen LogP contribution < -0.4 is 10.6 Å². The van der Waals surface area contributed by atoms with Crippen molar-refractivity contribution in [2.45, 2.75) is 124 Å². The lowest BCUT2D eigenvalue weighted by atomic mass is 9.68. The number of nitrogens with zero attached hydrogens (tertiary/aromatic N) is 5. The molecule has 2 aromatic heterocycles. The Balaban J connectivity index is 1.27. The minimum Gasteiger partial charge on any atom is -0.352 e. The minimum atomic E-state index is -0.504. The zero-order valence-electron chi connectivity index (χ0n) is 29.5. The number of hydrogen-bond donors (Lipinski definition) is 2. The predicted molar refractivity (Wildman–Crippen MR) is 185 cm³/mol. The summed E-state index contributed by atoms with van der Waals surface area (Å²) in [6, 6.07) is 3.82. The molecule has 4 aliphatic rings. The van der Waals surface area contributed by atoms with Crippen LogP contribution >= 0.6 is 0 Å². The summed E-state index contributed by atoms with van der Waals surface area (Å²) in [5, 5.41) is 12.6. The molecule has 0 spiro atoms. The number of aryl methyl sites for hydroxylation is 2. The van der Waals surface area contributed by atoms with Gasteiger partial charge in [0, 0.05) is 60.9 Å². The number of nitrogens with one attached hydrogen (secondary N) is 2. The van der Waals surface area contributed by atoms with Crippen LogP contribution in [-0.2, 0) is 22.6 Å². The standard InChI is InChI=1S/C38H51N7O3/c1-23(46)33-29-13-26(27-18-40-24(2)41-19-27)12-25-10-8-7-9-11-36(3,4)21-39-22-38-16-30(35(48)42-28-14-37(5,6)15-28)45(31(38)17-38)32(47)20-44(43-33)34(25)29/h12-13,18-19,28,30-31,39H,7-11,14-17,20-22H2,1-6H3,(H,42,48)/t30-,31+,38-/m0/s1. The Morgan fingerprint density at radius 2 is 1.69 bits per heavy atom. The van der Waals surface area contributed by atoms with Crippen molar-refractivity contribution in [3.05, 3.63) is 41.6 Å². The summed E-state index contributed by atoms with van der Waals surface area (Å²) in [6.45, 7) is 14.2. The highest BCUT2D eigenvalue weighted by atomic mass is 16.2. The van der Waals surface area contributed by atoms with Crippen LogP contribution in [0.5, 0.6) is 0 Å². The molecule has 3 atom stereocenters. The summed E-state index contributed by atoms with van der Waals surface area (Å²) in [5.74, 6) is 0.404. The van der Waals surface area contributed by atoms with Crippen LogP contribution in [0.3, 0.4) is 0 Å². The Labute approximate surface area is 283 Å². The molecule has 2 amide bonds. The SMILES string of the molecule is CC(=O)c1nn2c3c(cc(-c4cnc(C)nc4)cc13)CCCCCC(C)(C)CNC[C@@]13C[C@@H](C(=O)NC4CC(C)(C)C4)N(C(=O)C2)[C@@H]1C3. The van der Waals surface area contributed by atoms with E-state index < -0.39 is 6.04 Å². The fourth-order valence-corrected chi connectivity index (χ4v) is 8.86. The van der Waals surface area contributed by atoms with Gasteiger partial charge in [-0.1, -0.05) is 40.5 Å². The van der Waals surface area contributed by atoms with Gasteiger partial charge in [0.2, 0.25) is 11.8 Å². The number of hydrogen-bond acceptors (Lipinski definition) is 7. The Morgan fingerprint density at radius 3 is 2.40 bits per heavy atom. The third kappa shape index (κ3) is 6.28. The largest absolute Gasteiger partial charge is 0.352 e. The summed E-state index contributed by atoms with van der Waals surface area (Å²) < 4.78 is 1.74. The Morgan fingerprint density at radius 1 is 0.938 bits per heavy atom. The summed E-state index contributed by atoms with van der Waals surface area (Å²) in [4.78, 5) is 52.1. The third-order valence-corrected chi connectivity index (χ3v) is 11.5. The second kappa shape index (κ2) is 12.0. The first-order valence-corrected chi connectivity index (χ1v) is 17.9. The van der Waals surface area contributed by atoms with Gasteiger partial charge in [0.1, 0.15) is 24.1 Å². The smallest absolute Gasteiger partial charge is 0.245 e. The average molecular weight is 654 g/mol. The molecule has 4 heterocycles. The van der Waals surface area contributed by atoms with Gasteiger partial charge >= 0.3 is 0 Å². The summed E-state index contributed by atoms with van der Waals surface area (Å²) >= 11 is 0. The molecule has 10 heteroatoms. The number of rotatable bonds is 4. The second-order valence-electron chi connectivity index (χ2n) is 16.8. The number of aromatic nitrogens is 4. The van der Waals surface area contributed by atoms with E-state index in [0.29, 0.717) is 17.9 Å². The maximum Gasteiger partial charge on any atom is 0.245 e. The molecule has 0 unspecified atom stereocenters. The number of carbonyl (C=O) groups excluding carboxylic acids is 3. The molecule has 1 aromatic carbocycles. The van der Waals surface area contributed by atoms with Crippen LogP contribution in [0.15, 0.2) is 24.5 Å². The number of benzene rings is 1. The van der Waals surface area contributed by atoms with Crippen molar-refractivity contribution in [1.29, 1.82) is 0 Å². The van der Waals surface area contributed by atoms with E-state index in [1.807, 2.05) is 30.3 Å². The van der Waals surface area contributed by atoms with Gasteiger partial charge in [-0.15, -0.1) is 0 Å². The van der Waals surface area contributed by atoms with Crippen molar-refractivity contribution >= 4 is 28.5 Å². The van der Waals surface area contributed by atoms with Crippen molar-refractivity contribution < 1.29 is 14.4 Å². The Kier molecular flexibility index (Phi) is 8.24. The molecule has 7 rings (SSSR count). The van der Waals surface area contributed by atoms with Gasteiger partial charge in [-0.05, 0) is 86.0 Å². The highest BCUT2D eigenvalue weighted by Crippen LogP contribution is 2.59. The van der Waals surface area contributed by atoms with E-state index in [9.17, 15) is 14.4 Å². The highest BCUT2D eigenvalue weighted by molar-refractivity contribution is 6.07. The lowest BCUT2D eigenvalue weighted by Crippen LogP contribution is -2.55. The second-order valence-corrected chi connectivity index (χ2v) is 16.8. The van der Waals surface area contributed by atoms with Gasteiger partial charge in [0.25, 0.3) is 0 Å². The van der Waals surface area contributed by atoms with Gasteiger partial charge in [-0.3, -0.25) is 19.1 Å². The molecule has 0 radical (unpaired) electrons. The molecule has 1 saturated heterocycles. The molecule has 3 aromatic rings. The predicted octanol–water partition coefficient (Wildman–Crippen LogP) is 5.40. The fourth-order valence-electron chi connectivity index (χ4n) is 8.86. The maximum absolute atomic E-state index is 14.5. The molecule has 2 saturated carbocycles.